The van der Waals surface area contributed by atoms with E-state index in [4.69, 9.17) is 16.6 Å². The number of carbonyl (C=O) groups excluding carboxylic acids is 1. The van der Waals surface area contributed by atoms with Crippen LogP contribution in [0.25, 0.3) is 33.1 Å². The second kappa shape index (κ2) is 8.02. The van der Waals surface area contributed by atoms with Gasteiger partial charge in [0.05, 0.1) is 16.8 Å². The van der Waals surface area contributed by atoms with E-state index in [2.05, 4.69) is 32.3 Å². The highest BCUT2D eigenvalue weighted by Crippen LogP contribution is 2.33. The van der Waals surface area contributed by atoms with Crippen molar-refractivity contribution >= 4 is 55.2 Å². The minimum atomic E-state index is 0.0237. The Bertz CT molecular complexity index is 1260. The average Bonchev–Trinajstić information content (AvgIpc) is 2.97. The van der Waals surface area contributed by atoms with E-state index in [1.807, 2.05) is 47.5 Å². The number of H-pyrrole nitrogens is 1. The van der Waals surface area contributed by atoms with Crippen molar-refractivity contribution in [1.82, 2.24) is 20.2 Å². The highest BCUT2D eigenvalue weighted by atomic mass is 79.9. The van der Waals surface area contributed by atoms with Gasteiger partial charge < -0.3 is 15.2 Å². The number of nitrogens with zero attached hydrogens (tertiary/aromatic N) is 2. The third-order valence-corrected chi connectivity index (χ3v) is 6.28. The lowest BCUT2D eigenvalue weighted by Gasteiger charge is -2.21. The van der Waals surface area contributed by atoms with E-state index in [1.54, 1.807) is 0 Å². The van der Waals surface area contributed by atoms with Crippen molar-refractivity contribution in [3.8, 4) is 11.3 Å². The van der Waals surface area contributed by atoms with Crippen molar-refractivity contribution in [2.45, 2.75) is 6.42 Å². The maximum absolute atomic E-state index is 13.5. The molecule has 2 aromatic carbocycles. The number of hydrogen-bond acceptors (Lipinski definition) is 3. The Morgan fingerprint density at radius 2 is 1.97 bits per heavy atom. The summed E-state index contributed by atoms with van der Waals surface area (Å²) in [5, 5.41) is 5.79. The van der Waals surface area contributed by atoms with Gasteiger partial charge in [0.15, 0.2) is 0 Å². The first-order valence-electron chi connectivity index (χ1n) is 9.97. The van der Waals surface area contributed by atoms with Gasteiger partial charge >= 0.3 is 0 Å². The SMILES string of the molecule is O=C(c1cc(-c2c[nH]c3ccc(Br)cc23)nc2ccc(Cl)cc12)N1CCCNCC1. The van der Waals surface area contributed by atoms with Gasteiger partial charge in [-0.25, -0.2) is 4.98 Å². The Morgan fingerprint density at radius 3 is 2.87 bits per heavy atom. The zero-order valence-electron chi connectivity index (χ0n) is 16.2. The summed E-state index contributed by atoms with van der Waals surface area (Å²) in [7, 11) is 0. The summed E-state index contributed by atoms with van der Waals surface area (Å²) in [5.74, 6) is 0.0237. The van der Waals surface area contributed by atoms with E-state index >= 15 is 0 Å². The molecule has 1 aliphatic heterocycles. The summed E-state index contributed by atoms with van der Waals surface area (Å²) in [4.78, 5) is 23.6. The lowest BCUT2D eigenvalue weighted by atomic mass is 10.0. The molecule has 4 aromatic rings. The standard InChI is InChI=1S/C23H20BrClN4O/c24-14-2-4-20-16(10-14)19(13-27-20)22-12-18(17-11-15(25)3-5-21(17)28-22)23(30)29-8-1-6-26-7-9-29/h2-5,10-13,26-27H,1,6-9H2. The van der Waals surface area contributed by atoms with Gasteiger partial charge in [0.25, 0.3) is 5.91 Å². The van der Waals surface area contributed by atoms with Crippen molar-refractivity contribution < 1.29 is 4.79 Å². The van der Waals surface area contributed by atoms with E-state index in [0.29, 0.717) is 17.1 Å². The Labute approximate surface area is 187 Å². The molecule has 0 unspecified atom stereocenters. The minimum absolute atomic E-state index is 0.0237. The van der Waals surface area contributed by atoms with Gasteiger partial charge in [0.2, 0.25) is 0 Å². The first-order valence-corrected chi connectivity index (χ1v) is 11.1. The average molecular weight is 484 g/mol. The molecule has 1 saturated heterocycles. The Morgan fingerprint density at radius 1 is 1.07 bits per heavy atom. The molecule has 30 heavy (non-hydrogen) atoms. The number of benzene rings is 2. The van der Waals surface area contributed by atoms with Gasteiger partial charge in [0, 0.05) is 57.2 Å². The van der Waals surface area contributed by atoms with Gasteiger partial charge in [-0.3, -0.25) is 4.79 Å². The second-order valence-corrected chi connectivity index (χ2v) is 8.86. The summed E-state index contributed by atoms with van der Waals surface area (Å²) in [5.41, 5.74) is 4.17. The molecule has 2 N–H and O–H groups in total. The van der Waals surface area contributed by atoms with Crippen LogP contribution < -0.4 is 5.32 Å². The zero-order valence-corrected chi connectivity index (χ0v) is 18.6. The lowest BCUT2D eigenvalue weighted by molar-refractivity contribution is 0.0768. The zero-order chi connectivity index (χ0) is 20.7. The number of rotatable bonds is 2. The number of amides is 1. The molecule has 3 heterocycles. The summed E-state index contributed by atoms with van der Waals surface area (Å²) in [6.07, 6.45) is 2.89. The summed E-state index contributed by atoms with van der Waals surface area (Å²) in [6.45, 7) is 3.17. The van der Waals surface area contributed by atoms with Gasteiger partial charge in [-0.05, 0) is 55.4 Å². The van der Waals surface area contributed by atoms with E-state index in [-0.39, 0.29) is 5.91 Å². The fourth-order valence-corrected chi connectivity index (χ4v) is 4.57. The van der Waals surface area contributed by atoms with Crippen LogP contribution in [0.1, 0.15) is 16.8 Å². The normalized spacial score (nSPS) is 14.9. The van der Waals surface area contributed by atoms with Crippen LogP contribution in [0.5, 0.6) is 0 Å². The smallest absolute Gasteiger partial charge is 0.254 e. The molecule has 1 amide bonds. The van der Waals surface area contributed by atoms with Crippen LogP contribution in [0.15, 0.2) is 53.1 Å². The molecule has 1 fully saturated rings. The molecule has 0 aliphatic carbocycles. The van der Waals surface area contributed by atoms with Gasteiger partial charge in [-0.1, -0.05) is 27.5 Å². The van der Waals surface area contributed by atoms with Crippen LogP contribution in [-0.4, -0.2) is 47.0 Å². The van der Waals surface area contributed by atoms with E-state index in [0.717, 1.165) is 63.6 Å². The number of carbonyl (C=O) groups is 1. The fraction of sp³-hybridized carbons (Fsp3) is 0.217. The minimum Gasteiger partial charge on any atom is -0.360 e. The van der Waals surface area contributed by atoms with Gasteiger partial charge in [-0.2, -0.15) is 0 Å². The van der Waals surface area contributed by atoms with E-state index < -0.39 is 0 Å². The number of pyridine rings is 1. The van der Waals surface area contributed by atoms with Crippen molar-refractivity contribution in [3.63, 3.8) is 0 Å². The molecule has 2 aromatic heterocycles. The Kier molecular flexibility index (Phi) is 5.23. The molecule has 0 spiro atoms. The van der Waals surface area contributed by atoms with Crippen molar-refractivity contribution in [3.05, 3.63) is 63.7 Å². The lowest BCUT2D eigenvalue weighted by Crippen LogP contribution is -2.34. The third kappa shape index (κ3) is 3.60. The number of hydrogen-bond donors (Lipinski definition) is 2. The van der Waals surface area contributed by atoms with Crippen LogP contribution in [0.2, 0.25) is 5.02 Å². The van der Waals surface area contributed by atoms with Crippen LogP contribution in [0.4, 0.5) is 0 Å². The highest BCUT2D eigenvalue weighted by Gasteiger charge is 2.22. The summed E-state index contributed by atoms with van der Waals surface area (Å²) in [6, 6.07) is 13.5. The molecule has 0 saturated carbocycles. The van der Waals surface area contributed by atoms with Crippen LogP contribution >= 0.6 is 27.5 Å². The van der Waals surface area contributed by atoms with Gasteiger partial charge in [-0.15, -0.1) is 0 Å². The largest absolute Gasteiger partial charge is 0.360 e. The second-order valence-electron chi connectivity index (χ2n) is 7.50. The molecule has 0 bridgehead atoms. The molecule has 5 rings (SSSR count). The first-order chi connectivity index (χ1) is 14.6. The molecule has 5 nitrogen and oxygen atoms in total. The maximum atomic E-state index is 13.5. The number of nitrogens with one attached hydrogen (secondary N) is 2. The fourth-order valence-electron chi connectivity index (χ4n) is 4.04. The quantitative estimate of drug-likeness (QED) is 0.410. The van der Waals surface area contributed by atoms with E-state index in [9.17, 15) is 4.79 Å². The molecule has 7 heteroatoms. The molecule has 152 valence electrons. The van der Waals surface area contributed by atoms with Crippen molar-refractivity contribution in [1.29, 1.82) is 0 Å². The number of aromatic amines is 1. The maximum Gasteiger partial charge on any atom is 0.254 e. The number of halogens is 2. The monoisotopic (exact) mass is 482 g/mol. The molecule has 0 radical (unpaired) electrons. The number of aromatic nitrogens is 2. The Hall–Kier alpha value is -2.41. The predicted octanol–water partition coefficient (Wildman–Crippen LogP) is 5.23. The van der Waals surface area contributed by atoms with Gasteiger partial charge in [0.1, 0.15) is 0 Å². The summed E-state index contributed by atoms with van der Waals surface area (Å²) >= 11 is 9.82. The number of fused-ring (bicyclic) bond motifs is 2. The van der Waals surface area contributed by atoms with Crippen LogP contribution in [-0.2, 0) is 0 Å². The molecule has 1 aliphatic rings. The Balaban J connectivity index is 1.69. The highest BCUT2D eigenvalue weighted by molar-refractivity contribution is 9.10. The topological polar surface area (TPSA) is 61.0 Å². The van der Waals surface area contributed by atoms with Crippen LogP contribution in [0, 0.1) is 0 Å². The first kappa shape index (κ1) is 19.5. The van der Waals surface area contributed by atoms with E-state index in [1.165, 1.54) is 0 Å². The third-order valence-electron chi connectivity index (χ3n) is 5.55. The predicted molar refractivity (Wildman–Crippen MR) is 125 cm³/mol. The molecular weight excluding hydrogens is 464 g/mol. The molecule has 0 atom stereocenters. The van der Waals surface area contributed by atoms with Crippen molar-refractivity contribution in [2.24, 2.45) is 0 Å². The molecular formula is C23H20BrClN4O. The van der Waals surface area contributed by atoms with Crippen molar-refractivity contribution in [2.75, 3.05) is 26.2 Å². The van der Waals surface area contributed by atoms with Crippen LogP contribution in [0.3, 0.4) is 0 Å². The summed E-state index contributed by atoms with van der Waals surface area (Å²) < 4.78 is 0.997.